The number of ether oxygens (including phenoxy) is 1. The van der Waals surface area contributed by atoms with Crippen LogP contribution in [0.2, 0.25) is 0 Å². The molecule has 2 aromatic rings. The van der Waals surface area contributed by atoms with Crippen LogP contribution in [-0.4, -0.2) is 22.1 Å². The summed E-state index contributed by atoms with van der Waals surface area (Å²) in [6.07, 6.45) is 1.73. The highest BCUT2D eigenvalue weighted by Crippen LogP contribution is 2.27. The van der Waals surface area contributed by atoms with Crippen molar-refractivity contribution in [1.82, 2.24) is 15.0 Å². The van der Waals surface area contributed by atoms with Crippen molar-refractivity contribution in [3.63, 3.8) is 0 Å². The van der Waals surface area contributed by atoms with Crippen molar-refractivity contribution in [3.05, 3.63) is 29.2 Å². The summed E-state index contributed by atoms with van der Waals surface area (Å²) in [5.74, 6) is 0.871. The number of hydrogen-bond donors (Lipinski definition) is 0. The predicted molar refractivity (Wildman–Crippen MR) is 86.1 cm³/mol. The van der Waals surface area contributed by atoms with Crippen molar-refractivity contribution < 1.29 is 4.74 Å². The van der Waals surface area contributed by atoms with Gasteiger partial charge in [0.2, 0.25) is 0 Å². The van der Waals surface area contributed by atoms with Crippen molar-refractivity contribution in [2.45, 2.75) is 0 Å². The van der Waals surface area contributed by atoms with Gasteiger partial charge < -0.3 is 4.74 Å². The van der Waals surface area contributed by atoms with Gasteiger partial charge in [-0.25, -0.2) is 0 Å². The average molecular weight is 553 g/mol. The van der Waals surface area contributed by atoms with Gasteiger partial charge in [0.05, 0.1) is 16.9 Å². The zero-order valence-electron chi connectivity index (χ0n) is 8.12. The Hall–Kier alpha value is 0.350. The minimum Gasteiger partial charge on any atom is -0.496 e. The Labute approximate surface area is 134 Å². The van der Waals surface area contributed by atoms with Crippen molar-refractivity contribution >= 4 is 67.8 Å². The molecule has 0 aliphatic carbocycles. The number of methoxy groups -OCH3 is 1. The average Bonchev–Trinajstić information content (AvgIpc) is 2.67. The monoisotopic (exact) mass is 553 g/mol. The second-order valence-corrected chi connectivity index (χ2v) is 6.32. The maximum Gasteiger partial charge on any atom is 0.143 e. The Morgan fingerprint density at radius 3 is 2.50 bits per heavy atom. The van der Waals surface area contributed by atoms with Gasteiger partial charge in [-0.2, -0.15) is 5.10 Å². The molecule has 0 fully saturated rings. The molecule has 0 spiro atoms. The quantitative estimate of drug-likeness (QED) is 0.538. The van der Waals surface area contributed by atoms with Gasteiger partial charge in [-0.1, -0.05) is 0 Å². The van der Waals surface area contributed by atoms with Gasteiger partial charge in [-0.3, -0.25) is 0 Å². The second-order valence-electron chi connectivity index (χ2n) is 2.89. The van der Waals surface area contributed by atoms with E-state index in [0.29, 0.717) is 0 Å². The summed E-state index contributed by atoms with van der Waals surface area (Å²) in [6, 6.07) is 3.99. The van der Waals surface area contributed by atoms with E-state index in [2.05, 4.69) is 78.0 Å². The standard InChI is InChI=1S/C9H6I3N3O/c1-16-8-3-5(10)7(2-6(8)11)15-13-4-9(12)14-15/h2-4H,1H3. The molecule has 1 aromatic heterocycles. The summed E-state index contributed by atoms with van der Waals surface area (Å²) in [5.41, 5.74) is 0.966. The fourth-order valence-electron chi connectivity index (χ4n) is 1.19. The SMILES string of the molecule is COc1cc(I)c(-n2ncc(I)n2)cc1I. The highest BCUT2D eigenvalue weighted by Gasteiger charge is 2.10. The van der Waals surface area contributed by atoms with Crippen LogP contribution in [0.1, 0.15) is 0 Å². The van der Waals surface area contributed by atoms with Crippen LogP contribution in [0.3, 0.4) is 0 Å². The Morgan fingerprint density at radius 2 is 1.94 bits per heavy atom. The number of halogens is 3. The fraction of sp³-hybridized carbons (Fsp3) is 0.111. The highest BCUT2D eigenvalue weighted by atomic mass is 127. The third kappa shape index (κ3) is 2.60. The van der Waals surface area contributed by atoms with Crippen LogP contribution < -0.4 is 4.74 Å². The molecule has 7 heteroatoms. The molecule has 0 atom stereocenters. The van der Waals surface area contributed by atoms with Crippen LogP contribution in [0.4, 0.5) is 0 Å². The van der Waals surface area contributed by atoms with Crippen molar-refractivity contribution in [2.24, 2.45) is 0 Å². The predicted octanol–water partition coefficient (Wildman–Crippen LogP) is 3.09. The van der Waals surface area contributed by atoms with E-state index in [4.69, 9.17) is 4.74 Å². The molecule has 0 unspecified atom stereocenters. The van der Waals surface area contributed by atoms with Gasteiger partial charge >= 0.3 is 0 Å². The van der Waals surface area contributed by atoms with Crippen molar-refractivity contribution in [3.8, 4) is 11.4 Å². The van der Waals surface area contributed by atoms with Crippen molar-refractivity contribution in [1.29, 1.82) is 0 Å². The first-order valence-corrected chi connectivity index (χ1v) is 7.46. The molecule has 0 radical (unpaired) electrons. The molecule has 0 aliphatic heterocycles. The molecule has 0 saturated carbocycles. The summed E-state index contributed by atoms with van der Waals surface area (Å²) >= 11 is 6.63. The lowest BCUT2D eigenvalue weighted by atomic mass is 10.3. The van der Waals surface area contributed by atoms with E-state index >= 15 is 0 Å². The lowest BCUT2D eigenvalue weighted by Gasteiger charge is -2.08. The first-order valence-electron chi connectivity index (χ1n) is 4.23. The molecule has 0 amide bonds. The molecule has 4 nitrogen and oxygen atoms in total. The highest BCUT2D eigenvalue weighted by molar-refractivity contribution is 14.1. The van der Waals surface area contributed by atoms with Gasteiger partial charge in [0.15, 0.2) is 0 Å². The molecule has 0 aliphatic rings. The van der Waals surface area contributed by atoms with E-state index in [1.54, 1.807) is 18.1 Å². The maximum atomic E-state index is 5.26. The van der Waals surface area contributed by atoms with Crippen LogP contribution in [0, 0.1) is 10.8 Å². The lowest BCUT2D eigenvalue weighted by molar-refractivity contribution is 0.411. The van der Waals surface area contributed by atoms with E-state index in [-0.39, 0.29) is 0 Å². The minimum absolute atomic E-state index is 0.871. The molecule has 0 saturated heterocycles. The second kappa shape index (κ2) is 5.33. The molecule has 0 bridgehead atoms. The first kappa shape index (κ1) is 12.8. The summed E-state index contributed by atoms with van der Waals surface area (Å²) in [5, 5.41) is 8.47. The number of hydrogen-bond acceptors (Lipinski definition) is 3. The van der Waals surface area contributed by atoms with Gasteiger partial charge in [-0.15, -0.1) is 9.90 Å². The van der Waals surface area contributed by atoms with E-state index in [0.717, 1.165) is 22.3 Å². The molecule has 0 N–H and O–H groups in total. The van der Waals surface area contributed by atoms with E-state index in [1.807, 2.05) is 12.1 Å². The fourth-order valence-corrected chi connectivity index (χ4v) is 2.84. The molecular weight excluding hydrogens is 547 g/mol. The van der Waals surface area contributed by atoms with Crippen molar-refractivity contribution in [2.75, 3.05) is 7.11 Å². The summed E-state index contributed by atoms with van der Waals surface area (Å²) < 4.78 is 8.23. The van der Waals surface area contributed by atoms with E-state index < -0.39 is 0 Å². The molecular formula is C9H6I3N3O. The Bertz CT molecular complexity index is 527. The third-order valence-corrected chi connectivity index (χ3v) is 4.10. The lowest BCUT2D eigenvalue weighted by Crippen LogP contribution is -2.03. The first-order chi connectivity index (χ1) is 7.61. The van der Waals surface area contributed by atoms with Crippen LogP contribution >= 0.6 is 67.8 Å². The zero-order valence-corrected chi connectivity index (χ0v) is 14.6. The van der Waals surface area contributed by atoms with Crippen LogP contribution in [0.15, 0.2) is 18.3 Å². The summed E-state index contributed by atoms with van der Waals surface area (Å²) in [4.78, 5) is 1.63. The van der Waals surface area contributed by atoms with Crippen LogP contribution in [0.5, 0.6) is 5.75 Å². The van der Waals surface area contributed by atoms with Gasteiger partial charge in [0.25, 0.3) is 0 Å². The van der Waals surface area contributed by atoms with Crippen LogP contribution in [-0.2, 0) is 0 Å². The smallest absolute Gasteiger partial charge is 0.143 e. The normalized spacial score (nSPS) is 10.5. The van der Waals surface area contributed by atoms with Gasteiger partial charge in [0, 0.05) is 3.57 Å². The Morgan fingerprint density at radius 1 is 1.19 bits per heavy atom. The van der Waals surface area contributed by atoms with Gasteiger partial charge in [0.1, 0.15) is 15.1 Å². The molecule has 1 aromatic carbocycles. The molecule has 84 valence electrons. The Balaban J connectivity index is 2.54. The molecule has 16 heavy (non-hydrogen) atoms. The van der Waals surface area contributed by atoms with Crippen LogP contribution in [0.25, 0.3) is 5.69 Å². The van der Waals surface area contributed by atoms with E-state index in [9.17, 15) is 0 Å². The minimum atomic E-state index is 0.871. The topological polar surface area (TPSA) is 39.9 Å². The number of nitrogens with zero attached hydrogens (tertiary/aromatic N) is 3. The zero-order chi connectivity index (χ0) is 11.7. The maximum absolute atomic E-state index is 5.26. The Kier molecular flexibility index (Phi) is 4.26. The van der Waals surface area contributed by atoms with Gasteiger partial charge in [-0.05, 0) is 79.9 Å². The number of aromatic nitrogens is 3. The summed E-state index contributed by atoms with van der Waals surface area (Å²) in [7, 11) is 1.67. The molecule has 2 rings (SSSR count). The van der Waals surface area contributed by atoms with E-state index in [1.165, 1.54) is 0 Å². The summed E-state index contributed by atoms with van der Waals surface area (Å²) in [6.45, 7) is 0. The number of benzene rings is 1. The largest absolute Gasteiger partial charge is 0.496 e. The molecule has 1 heterocycles. The third-order valence-electron chi connectivity index (χ3n) is 1.90. The number of rotatable bonds is 2.